The van der Waals surface area contributed by atoms with E-state index in [-0.39, 0.29) is 18.6 Å². The van der Waals surface area contributed by atoms with Crippen LogP contribution in [-0.4, -0.2) is 64.3 Å². The molecule has 1 saturated heterocycles. The van der Waals surface area contributed by atoms with E-state index >= 15 is 0 Å². The summed E-state index contributed by atoms with van der Waals surface area (Å²) in [6.45, 7) is 6.06. The van der Waals surface area contributed by atoms with Gasteiger partial charge in [0.15, 0.2) is 5.96 Å². The van der Waals surface area contributed by atoms with Crippen LogP contribution in [0.1, 0.15) is 19.4 Å². The summed E-state index contributed by atoms with van der Waals surface area (Å²) < 4.78 is 7.25. The normalized spacial score (nSPS) is 15.3. The number of guanidine groups is 1. The third kappa shape index (κ3) is 4.79. The molecule has 0 aromatic carbocycles. The second kappa shape index (κ2) is 8.73. The molecule has 1 N–H and O–H groups in total. The molecule has 0 unspecified atom stereocenters. The van der Waals surface area contributed by atoms with E-state index in [1.807, 2.05) is 44.1 Å². The minimum Gasteiger partial charge on any atom is -0.475 e. The van der Waals surface area contributed by atoms with Crippen molar-refractivity contribution in [2.45, 2.75) is 26.5 Å². The summed E-state index contributed by atoms with van der Waals surface area (Å²) in [6, 6.07) is 3.83. The van der Waals surface area contributed by atoms with Crippen molar-refractivity contribution < 1.29 is 9.53 Å². The van der Waals surface area contributed by atoms with Gasteiger partial charge in [-0.15, -0.1) is 0 Å². The van der Waals surface area contributed by atoms with Gasteiger partial charge in [-0.05, 0) is 19.4 Å². The Balaban J connectivity index is 1.55. The van der Waals surface area contributed by atoms with Crippen LogP contribution in [0.25, 0.3) is 0 Å². The Hall–Kier alpha value is -3.10. The fourth-order valence-electron chi connectivity index (χ4n) is 3.01. The number of hydrogen-bond acceptors (Lipinski definition) is 5. The minimum absolute atomic E-state index is 0.0269. The first-order chi connectivity index (χ1) is 13.5. The maximum atomic E-state index is 12.6. The van der Waals surface area contributed by atoms with Gasteiger partial charge in [-0.2, -0.15) is 5.10 Å². The predicted molar refractivity (Wildman–Crippen MR) is 107 cm³/mol. The van der Waals surface area contributed by atoms with Crippen LogP contribution in [0.4, 0.5) is 5.69 Å². The van der Waals surface area contributed by atoms with Gasteiger partial charge in [0.2, 0.25) is 11.8 Å². The first-order valence-electron chi connectivity index (χ1n) is 9.32. The van der Waals surface area contributed by atoms with Crippen LogP contribution in [-0.2, 0) is 18.4 Å². The number of nitrogens with one attached hydrogen (secondary N) is 1. The molecule has 1 fully saturated rings. The van der Waals surface area contributed by atoms with E-state index in [4.69, 9.17) is 4.74 Å². The molecule has 9 nitrogen and oxygen atoms in total. The summed E-state index contributed by atoms with van der Waals surface area (Å²) in [4.78, 5) is 24.9. The molecule has 3 heterocycles. The van der Waals surface area contributed by atoms with Gasteiger partial charge >= 0.3 is 0 Å². The number of aryl methyl sites for hydroxylation is 1. The molecule has 0 spiro atoms. The number of carbonyl (C=O) groups excluding carboxylic acids is 1. The third-order valence-electron chi connectivity index (χ3n) is 4.34. The predicted octanol–water partition coefficient (Wildman–Crippen LogP) is 1.03. The molecule has 1 aliphatic heterocycles. The molecule has 0 bridgehead atoms. The van der Waals surface area contributed by atoms with Gasteiger partial charge in [-0.25, -0.2) is 4.98 Å². The van der Waals surface area contributed by atoms with Crippen molar-refractivity contribution >= 4 is 17.6 Å². The lowest BCUT2D eigenvalue weighted by molar-refractivity contribution is -0.120. The number of aromatic nitrogens is 3. The average molecular weight is 385 g/mol. The highest BCUT2D eigenvalue weighted by Gasteiger charge is 2.27. The van der Waals surface area contributed by atoms with Crippen molar-refractivity contribution in [2.75, 3.05) is 31.6 Å². The SMILES string of the molecule is CN=C(NCc1ccc(OC(C)C)nc1)N1CCN(c2cnn(C)c2)C(=O)C1. The summed E-state index contributed by atoms with van der Waals surface area (Å²) in [7, 11) is 3.56. The maximum absolute atomic E-state index is 12.6. The second-order valence-corrected chi connectivity index (χ2v) is 6.91. The number of hydrogen-bond donors (Lipinski definition) is 1. The first kappa shape index (κ1) is 19.7. The van der Waals surface area contributed by atoms with E-state index < -0.39 is 0 Å². The van der Waals surface area contributed by atoms with Crippen molar-refractivity contribution in [1.82, 2.24) is 25.0 Å². The molecule has 2 aromatic rings. The van der Waals surface area contributed by atoms with Gasteiger partial charge < -0.3 is 19.9 Å². The zero-order valence-corrected chi connectivity index (χ0v) is 16.8. The van der Waals surface area contributed by atoms with Crippen molar-refractivity contribution in [3.8, 4) is 5.88 Å². The van der Waals surface area contributed by atoms with Crippen molar-refractivity contribution in [3.63, 3.8) is 0 Å². The molecular formula is C19H27N7O2. The fraction of sp³-hybridized carbons (Fsp3) is 0.474. The van der Waals surface area contributed by atoms with Crippen LogP contribution in [0, 0.1) is 0 Å². The zero-order chi connectivity index (χ0) is 20.1. The van der Waals surface area contributed by atoms with E-state index in [1.165, 1.54) is 0 Å². The van der Waals surface area contributed by atoms with Gasteiger partial charge in [-0.1, -0.05) is 6.07 Å². The molecule has 0 atom stereocenters. The summed E-state index contributed by atoms with van der Waals surface area (Å²) in [5, 5.41) is 7.44. The van der Waals surface area contributed by atoms with E-state index in [0.717, 1.165) is 11.3 Å². The number of anilines is 1. The number of pyridine rings is 1. The monoisotopic (exact) mass is 385 g/mol. The van der Waals surface area contributed by atoms with Crippen LogP contribution in [0.3, 0.4) is 0 Å². The van der Waals surface area contributed by atoms with E-state index in [0.29, 0.717) is 31.5 Å². The summed E-state index contributed by atoms with van der Waals surface area (Å²) in [5.41, 5.74) is 1.84. The summed E-state index contributed by atoms with van der Waals surface area (Å²) in [5.74, 6) is 1.33. The second-order valence-electron chi connectivity index (χ2n) is 6.91. The highest BCUT2D eigenvalue weighted by molar-refractivity contribution is 5.98. The Morgan fingerprint density at radius 2 is 2.14 bits per heavy atom. The maximum Gasteiger partial charge on any atom is 0.246 e. The number of piperazine rings is 1. The van der Waals surface area contributed by atoms with Gasteiger partial charge in [0.25, 0.3) is 0 Å². The molecule has 150 valence electrons. The van der Waals surface area contributed by atoms with Gasteiger partial charge in [0, 0.05) is 52.2 Å². The summed E-state index contributed by atoms with van der Waals surface area (Å²) >= 11 is 0. The molecule has 9 heteroatoms. The molecular weight excluding hydrogens is 358 g/mol. The largest absolute Gasteiger partial charge is 0.475 e. The lowest BCUT2D eigenvalue weighted by Gasteiger charge is -2.35. The topological polar surface area (TPSA) is 87.9 Å². The van der Waals surface area contributed by atoms with E-state index in [2.05, 4.69) is 20.4 Å². The van der Waals surface area contributed by atoms with Crippen LogP contribution in [0.2, 0.25) is 0 Å². The molecule has 1 aliphatic rings. The van der Waals surface area contributed by atoms with Gasteiger partial charge in [-0.3, -0.25) is 14.5 Å². The average Bonchev–Trinajstić information content (AvgIpc) is 3.09. The Kier molecular flexibility index (Phi) is 6.13. The van der Waals surface area contributed by atoms with Gasteiger partial charge in [0.1, 0.15) is 6.54 Å². The Bertz CT molecular complexity index is 829. The van der Waals surface area contributed by atoms with Crippen LogP contribution in [0.5, 0.6) is 5.88 Å². The Morgan fingerprint density at radius 3 is 2.71 bits per heavy atom. The van der Waals surface area contributed by atoms with Crippen LogP contribution in [0.15, 0.2) is 35.7 Å². The lowest BCUT2D eigenvalue weighted by atomic mass is 10.2. The number of nitrogens with zero attached hydrogens (tertiary/aromatic N) is 6. The standard InChI is InChI=1S/C19H27N7O2/c1-14(2)28-17-6-5-15(9-21-17)10-22-19(20-3)25-7-8-26(18(27)13-25)16-11-23-24(4)12-16/h5-6,9,11-12,14H,7-8,10,13H2,1-4H3,(H,20,22). The molecule has 28 heavy (non-hydrogen) atoms. The molecule has 0 aliphatic carbocycles. The lowest BCUT2D eigenvalue weighted by Crippen LogP contribution is -2.55. The molecule has 0 radical (unpaired) electrons. The zero-order valence-electron chi connectivity index (χ0n) is 16.8. The number of aliphatic imine (C=N–C) groups is 1. The number of ether oxygens (including phenoxy) is 1. The quantitative estimate of drug-likeness (QED) is 0.611. The number of amides is 1. The van der Waals surface area contributed by atoms with E-state index in [1.54, 1.807) is 29.0 Å². The molecule has 3 rings (SSSR count). The fourth-order valence-corrected chi connectivity index (χ4v) is 3.01. The number of rotatable bonds is 5. The molecule has 2 aromatic heterocycles. The smallest absolute Gasteiger partial charge is 0.246 e. The molecule has 0 saturated carbocycles. The highest BCUT2D eigenvalue weighted by Crippen LogP contribution is 2.16. The summed E-state index contributed by atoms with van der Waals surface area (Å²) in [6.07, 6.45) is 5.43. The Morgan fingerprint density at radius 1 is 1.32 bits per heavy atom. The molecule has 1 amide bonds. The van der Waals surface area contributed by atoms with Crippen LogP contribution < -0.4 is 15.0 Å². The third-order valence-corrected chi connectivity index (χ3v) is 4.34. The van der Waals surface area contributed by atoms with Gasteiger partial charge in [0.05, 0.1) is 18.0 Å². The first-order valence-corrected chi connectivity index (χ1v) is 9.32. The number of carbonyl (C=O) groups is 1. The van der Waals surface area contributed by atoms with Crippen molar-refractivity contribution in [3.05, 3.63) is 36.3 Å². The van der Waals surface area contributed by atoms with Crippen molar-refractivity contribution in [2.24, 2.45) is 12.0 Å². The minimum atomic E-state index is 0.0269. The van der Waals surface area contributed by atoms with Crippen LogP contribution >= 0.6 is 0 Å². The highest BCUT2D eigenvalue weighted by atomic mass is 16.5. The van der Waals surface area contributed by atoms with E-state index in [9.17, 15) is 4.79 Å². The van der Waals surface area contributed by atoms with Crippen molar-refractivity contribution in [1.29, 1.82) is 0 Å². The Labute approximate surface area is 165 Å².